The molecule has 20 heavy (non-hydrogen) atoms. The molecule has 4 heteroatoms. The first kappa shape index (κ1) is 15.0. The fraction of sp³-hybridized carbons (Fsp3) is 0.438. The van der Waals surface area contributed by atoms with Crippen LogP contribution in [0.3, 0.4) is 0 Å². The monoisotopic (exact) mass is 290 g/mol. The first-order chi connectivity index (χ1) is 9.60. The second-order valence-electron chi connectivity index (χ2n) is 5.05. The van der Waals surface area contributed by atoms with Crippen molar-refractivity contribution in [1.82, 2.24) is 10.3 Å². The lowest BCUT2D eigenvalue weighted by atomic mass is 10.0. The van der Waals surface area contributed by atoms with Crippen molar-refractivity contribution in [3.8, 4) is 5.75 Å². The maximum atomic E-state index is 5.46. The van der Waals surface area contributed by atoms with Crippen LogP contribution in [0.1, 0.15) is 34.8 Å². The summed E-state index contributed by atoms with van der Waals surface area (Å²) in [6.07, 6.45) is 0.969. The fourth-order valence-corrected chi connectivity index (χ4v) is 2.98. The summed E-state index contributed by atoms with van der Waals surface area (Å²) in [5.74, 6) is 0.954. The number of aromatic nitrogens is 1. The minimum Gasteiger partial charge on any atom is -0.496 e. The zero-order valence-corrected chi connectivity index (χ0v) is 13.4. The minimum absolute atomic E-state index is 0.270. The predicted octanol–water partition coefficient (Wildman–Crippen LogP) is 3.66. The molecule has 2 aromatic rings. The third-order valence-corrected chi connectivity index (χ3v) is 4.34. The van der Waals surface area contributed by atoms with Crippen LogP contribution in [0.15, 0.2) is 23.6 Å². The van der Waals surface area contributed by atoms with Gasteiger partial charge >= 0.3 is 0 Å². The Kier molecular flexibility index (Phi) is 5.15. The van der Waals surface area contributed by atoms with E-state index in [4.69, 9.17) is 4.74 Å². The number of rotatable bonds is 6. The summed E-state index contributed by atoms with van der Waals surface area (Å²) >= 11 is 1.73. The number of nitrogens with zero attached hydrogens (tertiary/aromatic N) is 1. The Labute approximate surface area is 125 Å². The molecule has 0 aliphatic heterocycles. The number of hydrogen-bond acceptors (Lipinski definition) is 4. The van der Waals surface area contributed by atoms with E-state index in [2.05, 4.69) is 47.7 Å². The summed E-state index contributed by atoms with van der Waals surface area (Å²) in [7, 11) is 1.73. The molecular formula is C16H22N2OS. The highest BCUT2D eigenvalue weighted by atomic mass is 32.1. The molecule has 0 bridgehead atoms. The quantitative estimate of drug-likeness (QED) is 0.881. The molecule has 0 fully saturated rings. The van der Waals surface area contributed by atoms with Gasteiger partial charge in [-0.25, -0.2) is 4.98 Å². The first-order valence-corrected chi connectivity index (χ1v) is 7.77. The Morgan fingerprint density at radius 2 is 2.15 bits per heavy atom. The summed E-state index contributed by atoms with van der Waals surface area (Å²) in [4.78, 5) is 4.48. The Balaban J connectivity index is 1.93. The first-order valence-electron chi connectivity index (χ1n) is 6.89. The Morgan fingerprint density at radius 3 is 2.80 bits per heavy atom. The zero-order chi connectivity index (χ0) is 14.5. The molecule has 1 unspecified atom stereocenters. The van der Waals surface area contributed by atoms with Gasteiger partial charge < -0.3 is 10.1 Å². The van der Waals surface area contributed by atoms with Gasteiger partial charge in [0.25, 0.3) is 0 Å². The van der Waals surface area contributed by atoms with Crippen molar-refractivity contribution in [1.29, 1.82) is 0 Å². The van der Waals surface area contributed by atoms with Crippen LogP contribution >= 0.6 is 11.3 Å². The van der Waals surface area contributed by atoms with E-state index in [1.54, 1.807) is 18.4 Å². The third-order valence-electron chi connectivity index (χ3n) is 3.31. The normalized spacial score (nSPS) is 12.4. The highest BCUT2D eigenvalue weighted by molar-refractivity contribution is 7.09. The number of ether oxygens (including phenoxy) is 1. The smallest absolute Gasteiger partial charge is 0.123 e. The standard InChI is InChI=1S/C16H22N2OS/c1-11-5-6-14(15(9-11)19-4)13(3)17-8-7-16-18-12(2)10-20-16/h5-6,9-10,13,17H,7-8H2,1-4H3. The van der Waals surface area contributed by atoms with Crippen LogP contribution in [0.5, 0.6) is 5.75 Å². The van der Waals surface area contributed by atoms with Gasteiger partial charge in [0.05, 0.1) is 12.1 Å². The van der Waals surface area contributed by atoms with Crippen molar-refractivity contribution in [2.75, 3.05) is 13.7 Å². The van der Waals surface area contributed by atoms with Crippen LogP contribution in [0.25, 0.3) is 0 Å². The lowest BCUT2D eigenvalue weighted by Crippen LogP contribution is -2.21. The summed E-state index contributed by atoms with van der Waals surface area (Å²) in [5.41, 5.74) is 3.53. The third kappa shape index (κ3) is 3.81. The van der Waals surface area contributed by atoms with E-state index in [0.29, 0.717) is 0 Å². The van der Waals surface area contributed by atoms with E-state index in [0.717, 1.165) is 24.4 Å². The summed E-state index contributed by atoms with van der Waals surface area (Å²) < 4.78 is 5.46. The van der Waals surface area contributed by atoms with Gasteiger partial charge in [0.15, 0.2) is 0 Å². The van der Waals surface area contributed by atoms with E-state index < -0.39 is 0 Å². The molecule has 0 amide bonds. The molecule has 1 N–H and O–H groups in total. The molecule has 1 heterocycles. The molecule has 0 aliphatic carbocycles. The van der Waals surface area contributed by atoms with Gasteiger partial charge in [-0.15, -0.1) is 11.3 Å². The fourth-order valence-electron chi connectivity index (χ4n) is 2.20. The topological polar surface area (TPSA) is 34.1 Å². The summed E-state index contributed by atoms with van der Waals surface area (Å²) in [5, 5.41) is 6.83. The number of nitrogens with one attached hydrogen (secondary N) is 1. The molecule has 1 aromatic carbocycles. The van der Waals surface area contributed by atoms with Crippen molar-refractivity contribution in [3.05, 3.63) is 45.4 Å². The molecule has 3 nitrogen and oxygen atoms in total. The largest absolute Gasteiger partial charge is 0.496 e. The van der Waals surface area contributed by atoms with Crippen molar-refractivity contribution in [2.45, 2.75) is 33.2 Å². The van der Waals surface area contributed by atoms with Crippen molar-refractivity contribution >= 4 is 11.3 Å². The molecule has 1 aromatic heterocycles. The number of benzene rings is 1. The molecule has 108 valence electrons. The molecule has 0 saturated carbocycles. The van der Waals surface area contributed by atoms with E-state index in [-0.39, 0.29) is 6.04 Å². The molecule has 0 saturated heterocycles. The van der Waals surface area contributed by atoms with Crippen LogP contribution in [-0.4, -0.2) is 18.6 Å². The van der Waals surface area contributed by atoms with Gasteiger partial charge in [0.1, 0.15) is 5.75 Å². The second kappa shape index (κ2) is 6.86. The molecular weight excluding hydrogens is 268 g/mol. The van der Waals surface area contributed by atoms with E-state index in [9.17, 15) is 0 Å². The zero-order valence-electron chi connectivity index (χ0n) is 12.6. The molecule has 0 radical (unpaired) electrons. The Morgan fingerprint density at radius 1 is 1.35 bits per heavy atom. The van der Waals surface area contributed by atoms with Crippen LogP contribution in [-0.2, 0) is 6.42 Å². The van der Waals surface area contributed by atoms with Gasteiger partial charge in [0, 0.05) is 35.6 Å². The summed E-state index contributed by atoms with van der Waals surface area (Å²) in [6, 6.07) is 6.61. The van der Waals surface area contributed by atoms with E-state index in [1.165, 1.54) is 16.1 Å². The molecule has 0 spiro atoms. The predicted molar refractivity (Wildman–Crippen MR) is 84.7 cm³/mol. The molecule has 2 rings (SSSR count). The maximum Gasteiger partial charge on any atom is 0.123 e. The van der Waals surface area contributed by atoms with Gasteiger partial charge in [0.2, 0.25) is 0 Å². The lowest BCUT2D eigenvalue weighted by Gasteiger charge is -2.17. The lowest BCUT2D eigenvalue weighted by molar-refractivity contribution is 0.401. The number of methoxy groups -OCH3 is 1. The van der Waals surface area contributed by atoms with Crippen LogP contribution in [0, 0.1) is 13.8 Å². The van der Waals surface area contributed by atoms with E-state index >= 15 is 0 Å². The van der Waals surface area contributed by atoms with Gasteiger partial charge in [-0.05, 0) is 32.4 Å². The minimum atomic E-state index is 0.270. The van der Waals surface area contributed by atoms with Crippen LogP contribution in [0.2, 0.25) is 0 Å². The number of aryl methyl sites for hydroxylation is 2. The Hall–Kier alpha value is -1.39. The number of thiazole rings is 1. The van der Waals surface area contributed by atoms with Crippen molar-refractivity contribution in [3.63, 3.8) is 0 Å². The van der Waals surface area contributed by atoms with Gasteiger partial charge in [-0.2, -0.15) is 0 Å². The second-order valence-corrected chi connectivity index (χ2v) is 6.00. The maximum absolute atomic E-state index is 5.46. The van der Waals surface area contributed by atoms with Crippen molar-refractivity contribution in [2.24, 2.45) is 0 Å². The average Bonchev–Trinajstić information content (AvgIpc) is 2.84. The van der Waals surface area contributed by atoms with Gasteiger partial charge in [-0.3, -0.25) is 0 Å². The SMILES string of the molecule is COc1cc(C)ccc1C(C)NCCc1nc(C)cs1. The van der Waals surface area contributed by atoms with Crippen molar-refractivity contribution < 1.29 is 4.74 Å². The van der Waals surface area contributed by atoms with Crippen LogP contribution in [0.4, 0.5) is 0 Å². The Bertz CT molecular complexity index is 565. The highest BCUT2D eigenvalue weighted by Gasteiger charge is 2.11. The van der Waals surface area contributed by atoms with Gasteiger partial charge in [-0.1, -0.05) is 12.1 Å². The molecule has 0 aliphatic rings. The highest BCUT2D eigenvalue weighted by Crippen LogP contribution is 2.26. The van der Waals surface area contributed by atoms with Crippen LogP contribution < -0.4 is 10.1 Å². The average molecular weight is 290 g/mol. The number of hydrogen-bond donors (Lipinski definition) is 1. The summed E-state index contributed by atoms with van der Waals surface area (Å²) in [6.45, 7) is 7.20. The molecule has 1 atom stereocenters. The van der Waals surface area contributed by atoms with E-state index in [1.807, 2.05) is 6.92 Å².